The number of hydrogen-bond donors (Lipinski definition) is 1. The fourth-order valence-electron chi connectivity index (χ4n) is 2.86. The minimum atomic E-state index is 0.341. The first-order chi connectivity index (χ1) is 9.24. The van der Waals surface area contributed by atoms with Crippen molar-refractivity contribution >= 4 is 27.7 Å². The molecule has 5 heteroatoms. The van der Waals surface area contributed by atoms with Crippen LogP contribution in [0.5, 0.6) is 5.75 Å². The second-order valence-electron chi connectivity index (χ2n) is 5.09. The van der Waals surface area contributed by atoms with Gasteiger partial charge in [0.25, 0.3) is 0 Å². The first-order valence-electron chi connectivity index (χ1n) is 6.65. The number of halogens is 1. The highest BCUT2D eigenvalue weighted by atomic mass is 79.9. The summed E-state index contributed by atoms with van der Waals surface area (Å²) in [5.41, 5.74) is 1.16. The van der Waals surface area contributed by atoms with Gasteiger partial charge >= 0.3 is 0 Å². The Morgan fingerprint density at radius 1 is 1.47 bits per heavy atom. The summed E-state index contributed by atoms with van der Waals surface area (Å²) in [5, 5.41) is 10.2. The number of nitrogens with zero attached hydrogens (tertiary/aromatic N) is 1. The second-order valence-corrected chi connectivity index (χ2v) is 7.29. The van der Waals surface area contributed by atoms with E-state index >= 15 is 0 Å². The summed E-state index contributed by atoms with van der Waals surface area (Å²) in [5.74, 6) is 1.51. The Bertz CT molecular complexity index is 455. The van der Waals surface area contributed by atoms with Crippen LogP contribution in [0.15, 0.2) is 22.7 Å². The van der Waals surface area contributed by atoms with Gasteiger partial charge in [0.1, 0.15) is 5.75 Å². The quantitative estimate of drug-likeness (QED) is 0.894. The average molecular weight is 344 g/mol. The fourth-order valence-corrected chi connectivity index (χ4v) is 4.60. The number of hydrogen-bond acceptors (Lipinski definition) is 4. The molecule has 0 saturated carbocycles. The predicted molar refractivity (Wildman–Crippen MR) is 81.7 cm³/mol. The van der Waals surface area contributed by atoms with E-state index in [9.17, 15) is 5.11 Å². The first-order valence-corrected chi connectivity index (χ1v) is 8.49. The van der Waals surface area contributed by atoms with Crippen molar-refractivity contribution < 1.29 is 9.84 Å². The Hall–Kier alpha value is -0.230. The van der Waals surface area contributed by atoms with Gasteiger partial charge in [0.05, 0.1) is 6.61 Å². The third kappa shape index (κ3) is 3.10. The monoisotopic (exact) mass is 343 g/mol. The summed E-state index contributed by atoms with van der Waals surface area (Å²) < 4.78 is 6.66. The Morgan fingerprint density at radius 2 is 2.37 bits per heavy atom. The van der Waals surface area contributed by atoms with Crippen LogP contribution < -0.4 is 0 Å². The summed E-state index contributed by atoms with van der Waals surface area (Å²) in [7, 11) is 0. The number of benzene rings is 1. The number of fused-ring (bicyclic) bond motifs is 1. The van der Waals surface area contributed by atoms with E-state index in [-0.39, 0.29) is 0 Å². The smallest absolute Gasteiger partial charge is 0.115 e. The van der Waals surface area contributed by atoms with Crippen molar-refractivity contribution in [1.29, 1.82) is 0 Å². The fraction of sp³-hybridized carbons (Fsp3) is 0.571. The van der Waals surface area contributed by atoms with Gasteiger partial charge in [-0.1, -0.05) is 15.9 Å². The van der Waals surface area contributed by atoms with Crippen LogP contribution in [-0.2, 0) is 11.3 Å². The molecule has 19 heavy (non-hydrogen) atoms. The van der Waals surface area contributed by atoms with Gasteiger partial charge in [-0.3, -0.25) is 4.90 Å². The molecule has 0 unspecified atom stereocenters. The topological polar surface area (TPSA) is 32.7 Å². The van der Waals surface area contributed by atoms with Crippen LogP contribution in [0, 0.1) is 0 Å². The van der Waals surface area contributed by atoms with E-state index in [1.54, 1.807) is 6.07 Å². The predicted octanol–water partition coefficient (Wildman–Crippen LogP) is 2.86. The molecule has 1 aromatic rings. The average Bonchev–Trinajstić information content (AvgIpc) is 2.43. The molecular formula is C14H18BrNO2S. The Morgan fingerprint density at radius 3 is 3.26 bits per heavy atom. The van der Waals surface area contributed by atoms with Crippen molar-refractivity contribution in [2.24, 2.45) is 0 Å². The molecule has 0 spiro atoms. The standard InChI is InChI=1S/C14H18BrNO2S/c15-12-2-1-11(17)7-10(12)8-16-4-6-19-14-9-18-5-3-13(14)16/h1-2,7,13-14,17H,3-6,8-9H2/t13-,14-/m1/s1. The van der Waals surface area contributed by atoms with Gasteiger partial charge in [0.2, 0.25) is 0 Å². The molecule has 2 saturated heterocycles. The molecule has 0 amide bonds. The number of rotatable bonds is 2. The van der Waals surface area contributed by atoms with Gasteiger partial charge in [-0.05, 0) is 30.2 Å². The third-order valence-corrected chi connectivity index (χ3v) is 5.92. The first kappa shape index (κ1) is 13.7. The number of aromatic hydroxyl groups is 1. The number of phenols is 1. The molecule has 2 aliphatic rings. The lowest BCUT2D eigenvalue weighted by Gasteiger charge is -2.43. The van der Waals surface area contributed by atoms with E-state index in [1.807, 2.05) is 23.9 Å². The Balaban J connectivity index is 1.75. The maximum Gasteiger partial charge on any atom is 0.115 e. The molecule has 0 bridgehead atoms. The molecule has 0 aromatic heterocycles. The number of ether oxygens (including phenoxy) is 1. The van der Waals surface area contributed by atoms with Gasteiger partial charge in [-0.25, -0.2) is 0 Å². The molecule has 3 rings (SSSR count). The zero-order chi connectivity index (χ0) is 13.2. The van der Waals surface area contributed by atoms with Crippen molar-refractivity contribution in [3.8, 4) is 5.75 Å². The van der Waals surface area contributed by atoms with Crippen molar-refractivity contribution in [3.63, 3.8) is 0 Å². The van der Waals surface area contributed by atoms with Crippen molar-refractivity contribution in [2.75, 3.05) is 25.5 Å². The van der Waals surface area contributed by atoms with Crippen LogP contribution in [-0.4, -0.2) is 46.8 Å². The Labute approximate surface area is 126 Å². The molecule has 2 heterocycles. The molecule has 0 aliphatic carbocycles. The lowest BCUT2D eigenvalue weighted by atomic mass is 10.0. The maximum atomic E-state index is 9.64. The number of thioether (sulfide) groups is 1. The zero-order valence-electron chi connectivity index (χ0n) is 10.7. The van der Waals surface area contributed by atoms with Crippen molar-refractivity contribution in [3.05, 3.63) is 28.2 Å². The van der Waals surface area contributed by atoms with Crippen LogP contribution in [0.3, 0.4) is 0 Å². The maximum absolute atomic E-state index is 9.64. The zero-order valence-corrected chi connectivity index (χ0v) is 13.1. The molecular weight excluding hydrogens is 326 g/mol. The molecule has 1 aromatic carbocycles. The van der Waals surface area contributed by atoms with Crippen LogP contribution in [0.4, 0.5) is 0 Å². The SMILES string of the molecule is Oc1ccc(Br)c(CN2CCS[C@@H]3COCC[C@H]32)c1. The normalized spacial score (nSPS) is 28.1. The summed E-state index contributed by atoms with van der Waals surface area (Å²) in [6.07, 6.45) is 1.12. The summed E-state index contributed by atoms with van der Waals surface area (Å²) in [6.45, 7) is 3.77. The molecule has 3 nitrogen and oxygen atoms in total. The third-order valence-electron chi connectivity index (χ3n) is 3.85. The molecule has 104 valence electrons. The largest absolute Gasteiger partial charge is 0.508 e. The minimum Gasteiger partial charge on any atom is -0.508 e. The van der Waals surface area contributed by atoms with Gasteiger partial charge < -0.3 is 9.84 Å². The summed E-state index contributed by atoms with van der Waals surface area (Å²) in [6, 6.07) is 6.11. The lowest BCUT2D eigenvalue weighted by molar-refractivity contribution is 0.0350. The van der Waals surface area contributed by atoms with Crippen LogP contribution >= 0.6 is 27.7 Å². The molecule has 0 radical (unpaired) electrons. The Kier molecular flexibility index (Phi) is 4.37. The van der Waals surface area contributed by atoms with E-state index in [4.69, 9.17) is 4.74 Å². The van der Waals surface area contributed by atoms with Crippen molar-refractivity contribution in [1.82, 2.24) is 4.90 Å². The highest BCUT2D eigenvalue weighted by Crippen LogP contribution is 2.32. The lowest BCUT2D eigenvalue weighted by Crippen LogP contribution is -2.51. The van der Waals surface area contributed by atoms with Crippen LogP contribution in [0.25, 0.3) is 0 Å². The molecule has 2 aliphatic heterocycles. The highest BCUT2D eigenvalue weighted by molar-refractivity contribution is 9.10. The molecule has 2 fully saturated rings. The van der Waals surface area contributed by atoms with Gasteiger partial charge in [0, 0.05) is 41.2 Å². The molecule has 2 atom stereocenters. The van der Waals surface area contributed by atoms with Crippen molar-refractivity contribution in [2.45, 2.75) is 24.3 Å². The van der Waals surface area contributed by atoms with E-state index in [0.29, 0.717) is 17.0 Å². The number of phenolic OH excluding ortho intramolecular Hbond substituents is 1. The highest BCUT2D eigenvalue weighted by Gasteiger charge is 2.34. The van der Waals surface area contributed by atoms with E-state index in [2.05, 4.69) is 20.8 Å². The van der Waals surface area contributed by atoms with E-state index < -0.39 is 0 Å². The van der Waals surface area contributed by atoms with Gasteiger partial charge in [-0.2, -0.15) is 11.8 Å². The summed E-state index contributed by atoms with van der Waals surface area (Å²) >= 11 is 5.62. The van der Waals surface area contributed by atoms with Gasteiger partial charge in [-0.15, -0.1) is 0 Å². The van der Waals surface area contributed by atoms with Crippen LogP contribution in [0.1, 0.15) is 12.0 Å². The van der Waals surface area contributed by atoms with Gasteiger partial charge in [0.15, 0.2) is 0 Å². The summed E-state index contributed by atoms with van der Waals surface area (Å²) in [4.78, 5) is 2.54. The second kappa shape index (κ2) is 6.04. The van der Waals surface area contributed by atoms with E-state index in [0.717, 1.165) is 42.8 Å². The minimum absolute atomic E-state index is 0.341. The van der Waals surface area contributed by atoms with Crippen LogP contribution in [0.2, 0.25) is 0 Å². The van der Waals surface area contributed by atoms with E-state index in [1.165, 1.54) is 5.75 Å². The molecule has 1 N–H and O–H groups in total.